The monoisotopic (exact) mass is 509 g/mol. The largest absolute Gasteiger partial charge is 0.445 e. The van der Waals surface area contributed by atoms with E-state index in [0.29, 0.717) is 25.1 Å². The average Bonchev–Trinajstić information content (AvgIpc) is 3.36. The molecule has 1 atom stereocenters. The molecule has 0 fully saturated rings. The molecule has 1 heterocycles. The molecule has 0 saturated heterocycles. The zero-order valence-electron chi connectivity index (χ0n) is 19.5. The van der Waals surface area contributed by atoms with E-state index in [1.807, 2.05) is 72.8 Å². The fourth-order valence-corrected chi connectivity index (χ4v) is 4.10. The molecule has 1 amide bonds. The zero-order valence-corrected chi connectivity index (χ0v) is 20.3. The molecular formula is C25H27N5O5S. The molecule has 3 aromatic carbocycles. The van der Waals surface area contributed by atoms with E-state index in [2.05, 4.69) is 20.2 Å². The van der Waals surface area contributed by atoms with Crippen molar-refractivity contribution in [2.24, 2.45) is 5.14 Å². The number of carbonyl (C=O) groups excluding carboxylic acids is 1. The number of alkyl carbamates (subject to hydrolysis) is 1. The Balaban J connectivity index is 1.44. The molecule has 0 aliphatic heterocycles. The summed E-state index contributed by atoms with van der Waals surface area (Å²) in [4.78, 5) is 17.0. The summed E-state index contributed by atoms with van der Waals surface area (Å²) in [6.07, 6.45) is 0.850. The van der Waals surface area contributed by atoms with Crippen LogP contribution in [0, 0.1) is 0 Å². The predicted octanol–water partition coefficient (Wildman–Crippen LogP) is 3.82. The molecule has 1 aromatic heterocycles. The fourth-order valence-electron chi connectivity index (χ4n) is 3.67. The molecule has 11 heteroatoms. The van der Waals surface area contributed by atoms with Crippen LogP contribution >= 0.6 is 0 Å². The minimum Gasteiger partial charge on any atom is -0.445 e. The number of nitrogens with zero attached hydrogens (tertiary/aromatic N) is 2. The summed E-state index contributed by atoms with van der Waals surface area (Å²) in [7, 11) is -3.75. The Morgan fingerprint density at radius 1 is 1.00 bits per heavy atom. The Kier molecular flexibility index (Phi) is 8.26. The number of carbonyl (C=O) groups is 1. The van der Waals surface area contributed by atoms with Crippen molar-refractivity contribution in [1.29, 1.82) is 0 Å². The highest BCUT2D eigenvalue weighted by molar-refractivity contribution is 7.87. The van der Waals surface area contributed by atoms with Gasteiger partial charge in [-0.05, 0) is 41.7 Å². The fraction of sp³-hybridized carbons (Fsp3) is 0.240. The summed E-state index contributed by atoms with van der Waals surface area (Å²) in [6.45, 7) is 0.292. The second-order valence-corrected chi connectivity index (χ2v) is 9.59. The molecule has 0 radical (unpaired) electrons. The molecular weight excluding hydrogens is 482 g/mol. The van der Waals surface area contributed by atoms with Gasteiger partial charge >= 0.3 is 6.09 Å². The molecule has 0 unspecified atom stereocenters. The number of amides is 1. The molecule has 0 saturated carbocycles. The van der Waals surface area contributed by atoms with Crippen molar-refractivity contribution in [3.05, 3.63) is 84.3 Å². The van der Waals surface area contributed by atoms with Gasteiger partial charge in [-0.25, -0.2) is 14.7 Å². The Bertz CT molecular complexity index is 1410. The van der Waals surface area contributed by atoms with Gasteiger partial charge in [0.25, 0.3) is 10.2 Å². The van der Waals surface area contributed by atoms with Gasteiger partial charge in [-0.1, -0.05) is 71.9 Å². The lowest BCUT2D eigenvalue weighted by atomic mass is 10.1. The van der Waals surface area contributed by atoms with E-state index in [1.54, 1.807) is 0 Å². The molecule has 4 N–H and O–H groups in total. The molecule has 4 aromatic rings. The van der Waals surface area contributed by atoms with E-state index in [1.165, 1.54) is 0 Å². The zero-order chi connectivity index (χ0) is 25.4. The number of rotatable bonds is 11. The van der Waals surface area contributed by atoms with Gasteiger partial charge in [-0.2, -0.15) is 13.4 Å². The number of fused-ring (bicyclic) bond motifs is 1. The quantitative estimate of drug-likeness (QED) is 0.260. The predicted molar refractivity (Wildman–Crippen MR) is 135 cm³/mol. The number of ether oxygens (including phenoxy) is 1. The van der Waals surface area contributed by atoms with Crippen molar-refractivity contribution in [2.75, 3.05) is 6.54 Å². The smallest absolute Gasteiger partial charge is 0.408 e. The number of nitrogens with one attached hydrogen (secondary N) is 2. The van der Waals surface area contributed by atoms with Crippen LogP contribution in [-0.4, -0.2) is 31.2 Å². The van der Waals surface area contributed by atoms with Gasteiger partial charge in [0.1, 0.15) is 12.6 Å². The maximum Gasteiger partial charge on any atom is 0.408 e. The van der Waals surface area contributed by atoms with Crippen molar-refractivity contribution in [3.63, 3.8) is 0 Å². The second kappa shape index (κ2) is 11.8. The minimum absolute atomic E-state index is 0.115. The van der Waals surface area contributed by atoms with Gasteiger partial charge in [-0.3, -0.25) is 0 Å². The lowest BCUT2D eigenvalue weighted by Gasteiger charge is -2.15. The summed E-state index contributed by atoms with van der Waals surface area (Å²) in [6, 6.07) is 22.5. The summed E-state index contributed by atoms with van der Waals surface area (Å²) in [5, 5.41) is 14.0. The van der Waals surface area contributed by atoms with Crippen LogP contribution in [0.25, 0.3) is 22.2 Å². The number of unbranched alkanes of at least 4 members (excludes halogenated alkanes) is 1. The second-order valence-electron chi connectivity index (χ2n) is 8.21. The number of aromatic nitrogens is 2. The van der Waals surface area contributed by atoms with E-state index < -0.39 is 22.3 Å². The first-order chi connectivity index (χ1) is 17.4. The highest BCUT2D eigenvalue weighted by Gasteiger charge is 2.22. The van der Waals surface area contributed by atoms with Crippen molar-refractivity contribution in [2.45, 2.75) is 31.9 Å². The minimum atomic E-state index is -3.75. The number of nitrogens with two attached hydrogens (primary N) is 1. The molecule has 4 rings (SSSR count). The van der Waals surface area contributed by atoms with Crippen LogP contribution in [0.4, 0.5) is 4.79 Å². The van der Waals surface area contributed by atoms with Gasteiger partial charge < -0.3 is 14.6 Å². The first kappa shape index (κ1) is 25.3. The molecule has 10 nitrogen and oxygen atoms in total. The summed E-state index contributed by atoms with van der Waals surface area (Å²) < 4.78 is 35.2. The molecule has 0 bridgehead atoms. The van der Waals surface area contributed by atoms with E-state index in [4.69, 9.17) is 14.4 Å². The first-order valence-corrected chi connectivity index (χ1v) is 13.0. The summed E-state index contributed by atoms with van der Waals surface area (Å²) in [5.41, 5.74) is 1.64. The van der Waals surface area contributed by atoms with Crippen LogP contribution in [0.2, 0.25) is 0 Å². The van der Waals surface area contributed by atoms with E-state index in [-0.39, 0.29) is 19.0 Å². The van der Waals surface area contributed by atoms with Crippen molar-refractivity contribution < 1.29 is 22.5 Å². The van der Waals surface area contributed by atoms with Crippen LogP contribution in [-0.2, 0) is 21.6 Å². The Morgan fingerprint density at radius 2 is 1.75 bits per heavy atom. The van der Waals surface area contributed by atoms with Crippen molar-refractivity contribution in [3.8, 4) is 11.4 Å². The van der Waals surface area contributed by atoms with Gasteiger partial charge in [0.05, 0.1) is 0 Å². The maximum atomic E-state index is 12.5. The summed E-state index contributed by atoms with van der Waals surface area (Å²) in [5.74, 6) is 0.630. The number of hydrogen-bond acceptors (Lipinski definition) is 7. The maximum absolute atomic E-state index is 12.5. The third-order valence-corrected chi connectivity index (χ3v) is 6.08. The molecule has 0 aliphatic carbocycles. The third kappa shape index (κ3) is 7.35. The van der Waals surface area contributed by atoms with E-state index in [0.717, 1.165) is 21.9 Å². The summed E-state index contributed by atoms with van der Waals surface area (Å²) >= 11 is 0. The Hall–Kier alpha value is -3.80. The Labute approximate surface area is 209 Å². The Morgan fingerprint density at radius 3 is 2.53 bits per heavy atom. The molecule has 0 spiro atoms. The normalized spacial score (nSPS) is 12.4. The lowest BCUT2D eigenvalue weighted by molar-refractivity contribution is 0.132. The molecule has 188 valence electrons. The lowest BCUT2D eigenvalue weighted by Crippen LogP contribution is -2.32. The number of benzene rings is 3. The van der Waals surface area contributed by atoms with Crippen LogP contribution in [0.15, 0.2) is 77.3 Å². The van der Waals surface area contributed by atoms with Crippen LogP contribution in [0.5, 0.6) is 0 Å². The topological polar surface area (TPSA) is 149 Å². The van der Waals surface area contributed by atoms with Gasteiger partial charge in [0, 0.05) is 12.1 Å². The molecule has 0 aliphatic rings. The van der Waals surface area contributed by atoms with Crippen LogP contribution < -0.4 is 15.2 Å². The molecule has 36 heavy (non-hydrogen) atoms. The van der Waals surface area contributed by atoms with Crippen molar-refractivity contribution >= 4 is 27.1 Å². The first-order valence-electron chi connectivity index (χ1n) is 11.4. The number of hydrogen-bond donors (Lipinski definition) is 3. The van der Waals surface area contributed by atoms with Crippen molar-refractivity contribution in [1.82, 2.24) is 20.2 Å². The average molecular weight is 510 g/mol. The van der Waals surface area contributed by atoms with Crippen LogP contribution in [0.3, 0.4) is 0 Å². The van der Waals surface area contributed by atoms with E-state index in [9.17, 15) is 13.2 Å². The van der Waals surface area contributed by atoms with E-state index >= 15 is 0 Å². The van der Waals surface area contributed by atoms with Gasteiger partial charge in [-0.15, -0.1) is 0 Å². The van der Waals surface area contributed by atoms with Crippen LogP contribution in [0.1, 0.15) is 36.8 Å². The third-order valence-electron chi connectivity index (χ3n) is 5.48. The highest BCUT2D eigenvalue weighted by atomic mass is 32.2. The van der Waals surface area contributed by atoms with Gasteiger partial charge in [0.2, 0.25) is 11.7 Å². The highest BCUT2D eigenvalue weighted by Crippen LogP contribution is 2.25. The van der Waals surface area contributed by atoms with Gasteiger partial charge in [0.15, 0.2) is 0 Å². The standard InChI is InChI=1S/C25H27N5O5S/c26-36(32,33)27-15-7-6-12-22(28-25(31)34-17-18-8-2-1-3-9-18)24-29-23(30-35-24)21-14-13-19-10-4-5-11-20(19)16-21/h1-5,8-11,13-14,16,22,27H,6-7,12,15,17H2,(H,28,31)(H2,26,32,33)/t22-/m1/s1. The SMILES string of the molecule is NS(=O)(=O)NCCCC[C@@H](NC(=O)OCc1ccccc1)c1nc(-c2ccc3ccccc3c2)no1.